The number of carbonyl (C=O) groups is 2. The van der Waals surface area contributed by atoms with E-state index in [9.17, 15) is 27.9 Å². The molecule has 0 aliphatic carbocycles. The van der Waals surface area contributed by atoms with Crippen LogP contribution >= 0.6 is 11.8 Å². The number of aliphatic hydroxyl groups is 1. The van der Waals surface area contributed by atoms with Gasteiger partial charge in [0.25, 0.3) is 5.78 Å². The van der Waals surface area contributed by atoms with Gasteiger partial charge in [-0.2, -0.15) is 13.2 Å². The van der Waals surface area contributed by atoms with Crippen LogP contribution in [0.15, 0.2) is 35.2 Å². The van der Waals surface area contributed by atoms with Gasteiger partial charge in [0.1, 0.15) is 5.76 Å². The molecule has 22 heavy (non-hydrogen) atoms. The van der Waals surface area contributed by atoms with Crippen LogP contribution in [-0.4, -0.2) is 47.8 Å². The molecule has 1 aromatic carbocycles. The molecular weight excluding hydrogens is 316 g/mol. The zero-order valence-corrected chi connectivity index (χ0v) is 11.6. The first kappa shape index (κ1) is 20.6. The van der Waals surface area contributed by atoms with Crippen LogP contribution in [0.4, 0.5) is 13.2 Å². The van der Waals surface area contributed by atoms with Crippen molar-refractivity contribution in [1.82, 2.24) is 0 Å². The van der Waals surface area contributed by atoms with Crippen molar-refractivity contribution in [3.63, 3.8) is 0 Å². The third kappa shape index (κ3) is 7.07. The molecule has 0 unspecified atom stereocenters. The van der Waals surface area contributed by atoms with Gasteiger partial charge in [0.2, 0.25) is 0 Å². The molecule has 0 fully saturated rings. The average Bonchev–Trinajstić information content (AvgIpc) is 2.37. The number of ketones is 1. The van der Waals surface area contributed by atoms with Gasteiger partial charge in [-0.25, -0.2) is 4.79 Å². The first-order valence-electron chi connectivity index (χ1n) is 5.71. The monoisotopic (exact) mass is 328 g/mol. The number of ether oxygens (including phenoxy) is 1. The van der Waals surface area contributed by atoms with Crippen LogP contribution in [0.5, 0.6) is 0 Å². The normalized spacial score (nSPS) is 11.5. The van der Waals surface area contributed by atoms with Crippen molar-refractivity contribution in [2.45, 2.75) is 17.3 Å². The Morgan fingerprint density at radius 2 is 2.00 bits per heavy atom. The molecule has 1 aromatic rings. The van der Waals surface area contributed by atoms with Crippen molar-refractivity contribution < 1.29 is 32.6 Å². The van der Waals surface area contributed by atoms with Gasteiger partial charge < -0.3 is 9.84 Å². The standard InChI is InChI=1S/C13H11F3O4S.Li.H/c1-2-20-12(19)11(18)7-10(17)8-4-3-5-9(6-8)21-13(14,15)16;;/h3-7,17H,2H2,1H3;;/b10-7-;;. The summed E-state index contributed by atoms with van der Waals surface area (Å²) in [5, 5.41) is 9.67. The molecule has 0 bridgehead atoms. The Bertz CT molecular complexity index is 573. The number of esters is 1. The Morgan fingerprint density at radius 1 is 1.36 bits per heavy atom. The Balaban J connectivity index is 0.00000441. The fraction of sp³-hybridized carbons (Fsp3) is 0.231. The maximum atomic E-state index is 12.2. The van der Waals surface area contributed by atoms with Gasteiger partial charge >= 0.3 is 30.3 Å². The van der Waals surface area contributed by atoms with Gasteiger partial charge in [-0.1, -0.05) is 12.1 Å². The summed E-state index contributed by atoms with van der Waals surface area (Å²) in [6, 6.07) is 4.87. The van der Waals surface area contributed by atoms with E-state index in [1.807, 2.05) is 0 Å². The molecule has 116 valence electrons. The van der Waals surface area contributed by atoms with Crippen LogP contribution in [0.2, 0.25) is 0 Å². The predicted octanol–water partition coefficient (Wildman–Crippen LogP) is 2.68. The summed E-state index contributed by atoms with van der Waals surface area (Å²) < 4.78 is 41.2. The third-order valence-corrected chi connectivity index (χ3v) is 2.83. The number of carbonyl (C=O) groups excluding carboxylic acids is 2. The molecule has 0 atom stereocenters. The number of halogens is 3. The Morgan fingerprint density at radius 3 is 2.55 bits per heavy atom. The summed E-state index contributed by atoms with van der Waals surface area (Å²) >= 11 is -0.349. The summed E-state index contributed by atoms with van der Waals surface area (Å²) in [4.78, 5) is 22.3. The second-order valence-corrected chi connectivity index (χ2v) is 4.83. The van der Waals surface area contributed by atoms with Crippen LogP contribution in [-0.2, 0) is 14.3 Å². The van der Waals surface area contributed by atoms with Gasteiger partial charge in [-0.15, -0.1) is 0 Å². The molecule has 4 nitrogen and oxygen atoms in total. The molecule has 0 heterocycles. The van der Waals surface area contributed by atoms with Crippen LogP contribution in [0.1, 0.15) is 12.5 Å². The zero-order valence-electron chi connectivity index (χ0n) is 10.8. The van der Waals surface area contributed by atoms with E-state index in [-0.39, 0.29) is 47.7 Å². The first-order valence-corrected chi connectivity index (χ1v) is 6.52. The Labute approximate surface area is 140 Å². The molecule has 1 rings (SSSR count). The number of benzene rings is 1. The molecular formula is C13H12F3LiO4S. The first-order chi connectivity index (χ1) is 9.73. The van der Waals surface area contributed by atoms with Crippen LogP contribution in [0.25, 0.3) is 5.76 Å². The summed E-state index contributed by atoms with van der Waals surface area (Å²) in [5.41, 5.74) is -4.47. The van der Waals surface area contributed by atoms with Gasteiger partial charge in [0.05, 0.1) is 6.61 Å². The number of thioether (sulfide) groups is 1. The number of alkyl halides is 3. The zero-order chi connectivity index (χ0) is 16.0. The van der Waals surface area contributed by atoms with Gasteiger partial charge in [-0.3, -0.25) is 4.79 Å². The molecule has 0 aliphatic heterocycles. The minimum atomic E-state index is -4.46. The van der Waals surface area contributed by atoms with E-state index < -0.39 is 23.0 Å². The van der Waals surface area contributed by atoms with E-state index in [0.717, 1.165) is 6.07 Å². The van der Waals surface area contributed by atoms with Crippen molar-refractivity contribution >= 4 is 48.1 Å². The fourth-order valence-corrected chi connectivity index (χ4v) is 1.92. The third-order valence-electron chi connectivity index (χ3n) is 2.11. The molecule has 9 heteroatoms. The van der Waals surface area contributed by atoms with Gasteiger partial charge in [0, 0.05) is 16.5 Å². The predicted molar refractivity (Wildman–Crippen MR) is 77.7 cm³/mol. The second kappa shape index (κ2) is 8.93. The minimum absolute atomic E-state index is 0. The molecule has 0 amide bonds. The second-order valence-electron chi connectivity index (χ2n) is 3.69. The molecule has 0 spiro atoms. The molecule has 0 aromatic heterocycles. The molecule has 0 aliphatic rings. The molecule has 0 saturated heterocycles. The fourth-order valence-electron chi connectivity index (χ4n) is 1.32. The maximum absolute atomic E-state index is 12.2. The van der Waals surface area contributed by atoms with Crippen LogP contribution in [0.3, 0.4) is 0 Å². The number of hydrogen-bond acceptors (Lipinski definition) is 5. The van der Waals surface area contributed by atoms with E-state index in [0.29, 0.717) is 6.08 Å². The van der Waals surface area contributed by atoms with Crippen molar-refractivity contribution in [1.29, 1.82) is 0 Å². The van der Waals surface area contributed by atoms with Gasteiger partial charge in [0.15, 0.2) is 0 Å². The SMILES string of the molecule is CCOC(=O)C(=O)/C=C(\O)c1cccc(SC(F)(F)F)c1.[LiH]. The summed E-state index contributed by atoms with van der Waals surface area (Å²) in [5.74, 6) is -2.86. The number of hydrogen-bond donors (Lipinski definition) is 1. The average molecular weight is 328 g/mol. The summed E-state index contributed by atoms with van der Waals surface area (Å²) in [7, 11) is 0. The molecule has 0 saturated carbocycles. The van der Waals surface area contributed by atoms with E-state index in [4.69, 9.17) is 0 Å². The van der Waals surface area contributed by atoms with Gasteiger partial charge in [-0.05, 0) is 30.8 Å². The van der Waals surface area contributed by atoms with E-state index >= 15 is 0 Å². The summed E-state index contributed by atoms with van der Waals surface area (Å²) in [6.07, 6.45) is 0.607. The van der Waals surface area contributed by atoms with Crippen LogP contribution in [0, 0.1) is 0 Å². The van der Waals surface area contributed by atoms with Crippen molar-refractivity contribution in [2.75, 3.05) is 6.61 Å². The number of aliphatic hydroxyl groups excluding tert-OH is 1. The summed E-state index contributed by atoms with van der Waals surface area (Å²) in [6.45, 7) is 1.50. The Hall–Kier alpha value is -1.36. The van der Waals surface area contributed by atoms with E-state index in [1.54, 1.807) is 0 Å². The van der Waals surface area contributed by atoms with E-state index in [2.05, 4.69) is 4.74 Å². The van der Waals surface area contributed by atoms with Crippen LogP contribution < -0.4 is 0 Å². The van der Waals surface area contributed by atoms with Crippen molar-refractivity contribution in [2.24, 2.45) is 0 Å². The molecule has 1 N–H and O–H groups in total. The number of rotatable bonds is 5. The van der Waals surface area contributed by atoms with Crippen molar-refractivity contribution in [3.05, 3.63) is 35.9 Å². The topological polar surface area (TPSA) is 63.6 Å². The Kier molecular flexibility index (Phi) is 8.38. The molecule has 0 radical (unpaired) electrons. The quantitative estimate of drug-likeness (QED) is 0.225. The van der Waals surface area contributed by atoms with Crippen molar-refractivity contribution in [3.8, 4) is 0 Å². The van der Waals surface area contributed by atoms with E-state index in [1.165, 1.54) is 25.1 Å².